The standard InChI is InChI=1S/C19H18Cl2N2O2/c1-10-6-7-11(2)16(8-10)22-18(24)12-9-13(12)19(25)23-17-14(20)4-3-5-15(17)21/h3-8,12-13H,9H2,1-2H3,(H,22,24)(H,23,25). The van der Waals surface area contributed by atoms with E-state index in [-0.39, 0.29) is 23.7 Å². The molecule has 6 heteroatoms. The normalized spacial score (nSPS) is 18.6. The largest absolute Gasteiger partial charge is 0.326 e. The molecule has 0 bridgehead atoms. The molecular weight excluding hydrogens is 359 g/mol. The van der Waals surface area contributed by atoms with Crippen LogP contribution in [-0.4, -0.2) is 11.8 Å². The molecule has 0 saturated heterocycles. The van der Waals surface area contributed by atoms with Crippen molar-refractivity contribution < 1.29 is 9.59 Å². The van der Waals surface area contributed by atoms with Crippen LogP contribution < -0.4 is 10.6 Å². The molecule has 4 nitrogen and oxygen atoms in total. The quantitative estimate of drug-likeness (QED) is 0.802. The number of benzene rings is 2. The minimum atomic E-state index is -0.363. The second-order valence-electron chi connectivity index (χ2n) is 6.34. The molecule has 2 unspecified atom stereocenters. The van der Waals surface area contributed by atoms with E-state index in [2.05, 4.69) is 10.6 Å². The zero-order valence-electron chi connectivity index (χ0n) is 13.9. The Labute approximate surface area is 156 Å². The molecule has 0 spiro atoms. The first-order valence-corrected chi connectivity index (χ1v) is 8.75. The Balaban J connectivity index is 1.63. The van der Waals surface area contributed by atoms with E-state index < -0.39 is 0 Å². The van der Waals surface area contributed by atoms with E-state index in [9.17, 15) is 9.59 Å². The van der Waals surface area contributed by atoms with Gasteiger partial charge in [0.1, 0.15) is 0 Å². The van der Waals surface area contributed by atoms with Gasteiger partial charge in [0.2, 0.25) is 11.8 Å². The third-order valence-corrected chi connectivity index (χ3v) is 4.96. The minimum absolute atomic E-state index is 0.140. The number of hydrogen-bond acceptors (Lipinski definition) is 2. The summed E-state index contributed by atoms with van der Waals surface area (Å²) in [6.45, 7) is 3.90. The molecule has 2 aromatic rings. The maximum absolute atomic E-state index is 12.4. The molecular formula is C19H18Cl2N2O2. The van der Waals surface area contributed by atoms with Gasteiger partial charge in [-0.1, -0.05) is 41.4 Å². The Bertz CT molecular complexity index is 831. The molecule has 1 fully saturated rings. The molecule has 2 N–H and O–H groups in total. The summed E-state index contributed by atoms with van der Waals surface area (Å²) < 4.78 is 0. The molecule has 1 saturated carbocycles. The Morgan fingerprint density at radius 3 is 2.20 bits per heavy atom. The summed E-state index contributed by atoms with van der Waals surface area (Å²) in [7, 11) is 0. The van der Waals surface area contributed by atoms with Crippen molar-refractivity contribution in [2.24, 2.45) is 11.8 Å². The summed E-state index contributed by atoms with van der Waals surface area (Å²) in [5, 5.41) is 6.39. The van der Waals surface area contributed by atoms with Gasteiger partial charge in [-0.3, -0.25) is 9.59 Å². The van der Waals surface area contributed by atoms with Gasteiger partial charge in [-0.05, 0) is 49.6 Å². The van der Waals surface area contributed by atoms with Gasteiger partial charge in [-0.15, -0.1) is 0 Å². The first-order valence-electron chi connectivity index (χ1n) is 8.00. The van der Waals surface area contributed by atoms with E-state index in [1.54, 1.807) is 18.2 Å². The highest BCUT2D eigenvalue weighted by molar-refractivity contribution is 6.39. The maximum atomic E-state index is 12.4. The number of rotatable bonds is 4. The van der Waals surface area contributed by atoms with Crippen LogP contribution in [0.3, 0.4) is 0 Å². The summed E-state index contributed by atoms with van der Waals surface area (Å²) in [4.78, 5) is 24.8. The number of para-hydroxylation sites is 1. The number of aryl methyl sites for hydroxylation is 2. The van der Waals surface area contributed by atoms with Crippen LogP contribution in [0.4, 0.5) is 11.4 Å². The number of amides is 2. The highest BCUT2D eigenvalue weighted by Gasteiger charge is 2.48. The minimum Gasteiger partial charge on any atom is -0.326 e. The van der Waals surface area contributed by atoms with E-state index in [1.807, 2.05) is 32.0 Å². The van der Waals surface area contributed by atoms with Crippen LogP contribution in [0, 0.1) is 25.7 Å². The number of hydrogen-bond donors (Lipinski definition) is 2. The molecule has 0 aromatic heterocycles. The molecule has 1 aliphatic rings. The first kappa shape index (κ1) is 17.8. The molecule has 3 rings (SSSR count). The van der Waals surface area contributed by atoms with Crippen LogP contribution in [0.5, 0.6) is 0 Å². The van der Waals surface area contributed by atoms with E-state index in [4.69, 9.17) is 23.2 Å². The van der Waals surface area contributed by atoms with Crippen molar-refractivity contribution in [2.45, 2.75) is 20.3 Å². The number of halogens is 2. The third kappa shape index (κ3) is 3.97. The Hall–Kier alpha value is -2.04. The zero-order valence-corrected chi connectivity index (χ0v) is 15.4. The topological polar surface area (TPSA) is 58.2 Å². The van der Waals surface area contributed by atoms with Crippen LogP contribution in [0.25, 0.3) is 0 Å². The molecule has 0 radical (unpaired) electrons. The lowest BCUT2D eigenvalue weighted by atomic mass is 10.1. The van der Waals surface area contributed by atoms with Crippen molar-refractivity contribution in [3.63, 3.8) is 0 Å². The summed E-state index contributed by atoms with van der Waals surface area (Å²) in [5.41, 5.74) is 3.23. The van der Waals surface area contributed by atoms with Crippen LogP contribution in [0.2, 0.25) is 10.0 Å². The summed E-state index contributed by atoms with van der Waals surface area (Å²) in [5.74, 6) is -1.08. The smallest absolute Gasteiger partial charge is 0.228 e. The first-order chi connectivity index (χ1) is 11.9. The molecule has 1 aliphatic carbocycles. The van der Waals surface area contributed by atoms with Crippen LogP contribution in [-0.2, 0) is 9.59 Å². The zero-order chi connectivity index (χ0) is 18.1. The van der Waals surface area contributed by atoms with Gasteiger partial charge in [0, 0.05) is 5.69 Å². The average Bonchev–Trinajstić information content (AvgIpc) is 3.35. The summed E-state index contributed by atoms with van der Waals surface area (Å²) >= 11 is 12.1. The van der Waals surface area contributed by atoms with Crippen molar-refractivity contribution in [1.29, 1.82) is 0 Å². The van der Waals surface area contributed by atoms with Gasteiger partial charge in [-0.25, -0.2) is 0 Å². The number of carbonyl (C=O) groups excluding carboxylic acids is 2. The van der Waals surface area contributed by atoms with Crippen LogP contribution in [0.15, 0.2) is 36.4 Å². The summed E-state index contributed by atoms with van der Waals surface area (Å²) in [6.07, 6.45) is 0.518. The summed E-state index contributed by atoms with van der Waals surface area (Å²) in [6, 6.07) is 10.9. The van der Waals surface area contributed by atoms with E-state index in [1.165, 1.54) is 0 Å². The lowest BCUT2D eigenvalue weighted by Crippen LogP contribution is -2.21. The van der Waals surface area contributed by atoms with Crippen LogP contribution >= 0.6 is 23.2 Å². The predicted molar refractivity (Wildman–Crippen MR) is 101 cm³/mol. The molecule has 0 heterocycles. The van der Waals surface area contributed by atoms with Gasteiger partial charge in [0.05, 0.1) is 27.6 Å². The van der Waals surface area contributed by atoms with Gasteiger partial charge in [0.25, 0.3) is 0 Å². The van der Waals surface area contributed by atoms with Crippen molar-refractivity contribution in [1.82, 2.24) is 0 Å². The van der Waals surface area contributed by atoms with E-state index >= 15 is 0 Å². The molecule has 2 aromatic carbocycles. The monoisotopic (exact) mass is 376 g/mol. The van der Waals surface area contributed by atoms with E-state index in [0.717, 1.165) is 16.8 Å². The number of carbonyl (C=O) groups is 2. The van der Waals surface area contributed by atoms with E-state index in [0.29, 0.717) is 22.2 Å². The second kappa shape index (κ2) is 7.06. The SMILES string of the molecule is Cc1ccc(C)c(NC(=O)C2CC2C(=O)Nc2c(Cl)cccc2Cl)c1. The van der Waals surface area contributed by atoms with Crippen molar-refractivity contribution in [2.75, 3.05) is 10.6 Å². The lowest BCUT2D eigenvalue weighted by Gasteiger charge is -2.10. The fourth-order valence-electron chi connectivity index (χ4n) is 2.70. The molecule has 25 heavy (non-hydrogen) atoms. The van der Waals surface area contributed by atoms with Crippen molar-refractivity contribution >= 4 is 46.4 Å². The molecule has 0 aliphatic heterocycles. The Morgan fingerprint density at radius 1 is 0.960 bits per heavy atom. The van der Waals surface area contributed by atoms with Crippen LogP contribution in [0.1, 0.15) is 17.5 Å². The highest BCUT2D eigenvalue weighted by Crippen LogP contribution is 2.41. The average molecular weight is 377 g/mol. The molecule has 130 valence electrons. The Kier molecular flexibility index (Phi) is 5.02. The second-order valence-corrected chi connectivity index (χ2v) is 7.16. The molecule has 2 atom stereocenters. The van der Waals surface area contributed by atoms with Crippen molar-refractivity contribution in [3.05, 3.63) is 57.6 Å². The number of anilines is 2. The lowest BCUT2D eigenvalue weighted by molar-refractivity contribution is -0.122. The van der Waals surface area contributed by atoms with Gasteiger partial charge in [0.15, 0.2) is 0 Å². The fourth-order valence-corrected chi connectivity index (χ4v) is 3.20. The Morgan fingerprint density at radius 2 is 1.56 bits per heavy atom. The number of nitrogens with one attached hydrogen (secondary N) is 2. The van der Waals surface area contributed by atoms with Gasteiger partial charge in [-0.2, -0.15) is 0 Å². The fraction of sp³-hybridized carbons (Fsp3) is 0.263. The predicted octanol–water partition coefficient (Wildman–Crippen LogP) is 4.82. The highest BCUT2D eigenvalue weighted by atomic mass is 35.5. The third-order valence-electron chi connectivity index (χ3n) is 4.33. The van der Waals surface area contributed by atoms with Crippen molar-refractivity contribution in [3.8, 4) is 0 Å². The van der Waals surface area contributed by atoms with Gasteiger partial charge >= 0.3 is 0 Å². The maximum Gasteiger partial charge on any atom is 0.228 e. The van der Waals surface area contributed by atoms with Gasteiger partial charge < -0.3 is 10.6 Å². The molecule has 2 amide bonds.